The summed E-state index contributed by atoms with van der Waals surface area (Å²) in [6.45, 7) is 2.81. The van der Waals surface area contributed by atoms with Crippen molar-refractivity contribution in [3.63, 3.8) is 0 Å². The number of Topliss-reactive ketones (excluding diaryl/α,β-unsaturated/α-hetero) is 1. The third-order valence-electron chi connectivity index (χ3n) is 4.57. The lowest BCUT2D eigenvalue weighted by atomic mass is 10.0. The molecule has 0 saturated carbocycles. The number of ketones is 1. The minimum absolute atomic E-state index is 0.0365. The zero-order valence-corrected chi connectivity index (χ0v) is 14.5. The molecule has 1 aliphatic rings. The largest absolute Gasteiger partial charge is 0.382 e. The first-order valence-corrected chi connectivity index (χ1v) is 9.58. The van der Waals surface area contributed by atoms with Crippen LogP contribution < -0.4 is 0 Å². The summed E-state index contributed by atoms with van der Waals surface area (Å²) in [6, 6.07) is 0. The molecule has 2 atom stereocenters. The smallest absolute Gasteiger partial charge is 0.164 e. The first-order valence-electron chi connectivity index (χ1n) is 9.58. The number of ether oxygens (including phenoxy) is 1. The van der Waals surface area contributed by atoms with Gasteiger partial charge in [0.2, 0.25) is 0 Å². The summed E-state index contributed by atoms with van der Waals surface area (Å²) in [5.74, 6) is -0.0365. The summed E-state index contributed by atoms with van der Waals surface area (Å²) >= 11 is 0. The predicted molar refractivity (Wildman–Crippen MR) is 91.1 cm³/mol. The van der Waals surface area contributed by atoms with Gasteiger partial charge in [-0.1, -0.05) is 84.0 Å². The van der Waals surface area contributed by atoms with Gasteiger partial charge in [0, 0.05) is 6.42 Å². The van der Waals surface area contributed by atoms with Gasteiger partial charge in [-0.3, -0.25) is 4.79 Å². The van der Waals surface area contributed by atoms with Crippen LogP contribution >= 0.6 is 0 Å². The van der Waals surface area contributed by atoms with E-state index in [1.165, 1.54) is 70.6 Å². The van der Waals surface area contributed by atoms with Crippen molar-refractivity contribution < 1.29 is 14.6 Å². The molecule has 0 aromatic rings. The molecule has 0 aromatic carbocycles. The SMILES string of the molecule is CCCCCCCCCCCCCCCC(=O)C(O)C1CO1. The second-order valence-electron chi connectivity index (χ2n) is 6.78. The second kappa shape index (κ2) is 13.1. The van der Waals surface area contributed by atoms with Crippen molar-refractivity contribution in [1.82, 2.24) is 0 Å². The van der Waals surface area contributed by atoms with E-state index in [-0.39, 0.29) is 11.9 Å². The van der Waals surface area contributed by atoms with Crippen molar-refractivity contribution in [1.29, 1.82) is 0 Å². The van der Waals surface area contributed by atoms with Crippen LogP contribution in [-0.2, 0) is 9.53 Å². The van der Waals surface area contributed by atoms with E-state index in [4.69, 9.17) is 4.74 Å². The number of hydrogen-bond acceptors (Lipinski definition) is 3. The molecule has 1 fully saturated rings. The maximum Gasteiger partial charge on any atom is 0.164 e. The average molecular weight is 312 g/mol. The molecule has 1 rings (SSSR count). The molecule has 130 valence electrons. The van der Waals surface area contributed by atoms with Crippen LogP contribution in [0.2, 0.25) is 0 Å². The number of carbonyl (C=O) groups is 1. The van der Waals surface area contributed by atoms with Gasteiger partial charge in [0.1, 0.15) is 12.2 Å². The Hall–Kier alpha value is -0.410. The minimum atomic E-state index is -0.864. The lowest BCUT2D eigenvalue weighted by Gasteiger charge is -2.06. The van der Waals surface area contributed by atoms with Crippen molar-refractivity contribution in [2.24, 2.45) is 0 Å². The summed E-state index contributed by atoms with van der Waals surface area (Å²) in [5.41, 5.74) is 0. The Morgan fingerprint density at radius 3 is 1.73 bits per heavy atom. The Kier molecular flexibility index (Phi) is 11.7. The van der Waals surface area contributed by atoms with Gasteiger partial charge < -0.3 is 9.84 Å². The molecule has 1 saturated heterocycles. The first-order chi connectivity index (χ1) is 10.8. The highest BCUT2D eigenvalue weighted by molar-refractivity contribution is 5.83. The molecule has 1 N–H and O–H groups in total. The standard InChI is InChI=1S/C19H36O3/c1-2-3-4-5-6-7-8-9-10-11-12-13-14-15-17(20)19(21)18-16-22-18/h18-19,21H,2-16H2,1H3. The number of aliphatic hydroxyl groups excluding tert-OH is 1. The second-order valence-corrected chi connectivity index (χ2v) is 6.78. The van der Waals surface area contributed by atoms with E-state index in [1.54, 1.807) is 0 Å². The fraction of sp³-hybridized carbons (Fsp3) is 0.947. The quantitative estimate of drug-likeness (QED) is 0.329. The Balaban J connectivity index is 1.73. The van der Waals surface area contributed by atoms with Gasteiger partial charge in [0.05, 0.1) is 6.61 Å². The minimum Gasteiger partial charge on any atom is -0.382 e. The average Bonchev–Trinajstić information content (AvgIpc) is 3.35. The van der Waals surface area contributed by atoms with Crippen LogP contribution in [0.5, 0.6) is 0 Å². The lowest BCUT2D eigenvalue weighted by molar-refractivity contribution is -0.128. The Morgan fingerprint density at radius 1 is 0.909 bits per heavy atom. The molecule has 0 spiro atoms. The maximum atomic E-state index is 11.6. The van der Waals surface area contributed by atoms with Crippen LogP contribution in [0.15, 0.2) is 0 Å². The number of hydrogen-bond donors (Lipinski definition) is 1. The fourth-order valence-electron chi connectivity index (χ4n) is 2.91. The summed E-state index contributed by atoms with van der Waals surface area (Å²) in [6.07, 6.45) is 16.4. The monoisotopic (exact) mass is 312 g/mol. The van der Waals surface area contributed by atoms with Crippen molar-refractivity contribution in [3.8, 4) is 0 Å². The van der Waals surface area contributed by atoms with Gasteiger partial charge in [0.15, 0.2) is 5.78 Å². The molecule has 2 unspecified atom stereocenters. The van der Waals surface area contributed by atoms with Gasteiger partial charge in [0.25, 0.3) is 0 Å². The molecule has 0 amide bonds. The summed E-state index contributed by atoms with van der Waals surface area (Å²) < 4.78 is 4.94. The Bertz CT molecular complexity index is 274. The van der Waals surface area contributed by atoms with Crippen molar-refractivity contribution in [2.45, 2.75) is 109 Å². The summed E-state index contributed by atoms with van der Waals surface area (Å²) in [4.78, 5) is 11.6. The predicted octanol–water partition coefficient (Wildman–Crippen LogP) is 4.80. The molecule has 0 radical (unpaired) electrons. The third kappa shape index (κ3) is 10.3. The highest BCUT2D eigenvalue weighted by Gasteiger charge is 2.35. The van der Waals surface area contributed by atoms with E-state index in [0.29, 0.717) is 13.0 Å². The molecule has 22 heavy (non-hydrogen) atoms. The topological polar surface area (TPSA) is 49.8 Å². The van der Waals surface area contributed by atoms with Gasteiger partial charge >= 0.3 is 0 Å². The van der Waals surface area contributed by atoms with E-state index in [9.17, 15) is 9.90 Å². The van der Waals surface area contributed by atoms with E-state index in [1.807, 2.05) is 0 Å². The molecule has 0 aliphatic carbocycles. The highest BCUT2D eigenvalue weighted by atomic mass is 16.6. The van der Waals surface area contributed by atoms with Crippen LogP contribution in [0.4, 0.5) is 0 Å². The van der Waals surface area contributed by atoms with Crippen LogP contribution in [0, 0.1) is 0 Å². The van der Waals surface area contributed by atoms with E-state index in [2.05, 4.69) is 6.92 Å². The zero-order chi connectivity index (χ0) is 16.0. The molecule has 0 aromatic heterocycles. The van der Waals surface area contributed by atoms with Gasteiger partial charge in [-0.15, -0.1) is 0 Å². The molecular formula is C19H36O3. The van der Waals surface area contributed by atoms with E-state index >= 15 is 0 Å². The highest BCUT2D eigenvalue weighted by Crippen LogP contribution is 2.17. The van der Waals surface area contributed by atoms with Crippen molar-refractivity contribution in [3.05, 3.63) is 0 Å². The molecule has 3 heteroatoms. The number of epoxide rings is 1. The maximum absolute atomic E-state index is 11.6. The number of unbranched alkanes of at least 4 members (excludes halogenated alkanes) is 12. The van der Waals surface area contributed by atoms with Crippen LogP contribution in [0.25, 0.3) is 0 Å². The summed E-state index contributed by atoms with van der Waals surface area (Å²) in [5, 5.41) is 9.57. The zero-order valence-electron chi connectivity index (χ0n) is 14.5. The van der Waals surface area contributed by atoms with Crippen molar-refractivity contribution in [2.75, 3.05) is 6.61 Å². The number of rotatable bonds is 16. The van der Waals surface area contributed by atoms with Gasteiger partial charge in [-0.05, 0) is 6.42 Å². The van der Waals surface area contributed by atoms with Crippen molar-refractivity contribution >= 4 is 5.78 Å². The molecule has 1 heterocycles. The van der Waals surface area contributed by atoms with Gasteiger partial charge in [-0.25, -0.2) is 0 Å². The molecule has 3 nitrogen and oxygen atoms in total. The Morgan fingerprint density at radius 2 is 1.32 bits per heavy atom. The lowest BCUT2D eigenvalue weighted by Crippen LogP contribution is -2.25. The van der Waals surface area contributed by atoms with Gasteiger partial charge in [-0.2, -0.15) is 0 Å². The third-order valence-corrected chi connectivity index (χ3v) is 4.57. The summed E-state index contributed by atoms with van der Waals surface area (Å²) in [7, 11) is 0. The van der Waals surface area contributed by atoms with Crippen LogP contribution in [0.1, 0.15) is 96.8 Å². The number of aliphatic hydroxyl groups is 1. The molecule has 0 bridgehead atoms. The molecule has 1 aliphatic heterocycles. The first kappa shape index (κ1) is 19.6. The molecular weight excluding hydrogens is 276 g/mol. The van der Waals surface area contributed by atoms with E-state index in [0.717, 1.165) is 12.8 Å². The van der Waals surface area contributed by atoms with E-state index < -0.39 is 6.10 Å². The Labute approximate surface area is 136 Å². The number of carbonyl (C=O) groups excluding carboxylic acids is 1. The fourth-order valence-corrected chi connectivity index (χ4v) is 2.91. The van der Waals surface area contributed by atoms with Crippen LogP contribution in [0.3, 0.4) is 0 Å². The van der Waals surface area contributed by atoms with Crippen LogP contribution in [-0.4, -0.2) is 29.7 Å². The normalized spacial score (nSPS) is 18.4.